The van der Waals surface area contributed by atoms with Crippen LogP contribution < -0.4 is 10.6 Å². The van der Waals surface area contributed by atoms with Gasteiger partial charge in [0.15, 0.2) is 0 Å². The van der Waals surface area contributed by atoms with Crippen LogP contribution in [0.4, 0.5) is 9.18 Å². The van der Waals surface area contributed by atoms with Gasteiger partial charge in [0.2, 0.25) is 5.91 Å². The van der Waals surface area contributed by atoms with Crippen molar-refractivity contribution in [2.75, 3.05) is 13.1 Å². The third kappa shape index (κ3) is 3.69. The number of nitrogens with zero attached hydrogens (tertiary/aromatic N) is 1. The highest BCUT2D eigenvalue weighted by Gasteiger charge is 2.34. The van der Waals surface area contributed by atoms with Gasteiger partial charge in [0.05, 0.1) is 0 Å². The van der Waals surface area contributed by atoms with Crippen LogP contribution in [0.25, 0.3) is 0 Å². The Balaban J connectivity index is 1.49. The monoisotopic (exact) mass is 387 g/mol. The van der Waals surface area contributed by atoms with E-state index < -0.39 is 11.9 Å². The highest BCUT2D eigenvalue weighted by molar-refractivity contribution is 7.10. The number of halogens is 1. The van der Waals surface area contributed by atoms with Crippen LogP contribution in [0.3, 0.4) is 0 Å². The standard InChI is InChI=1S/C20H22FN3O2S/c21-15-5-3-4-13(10-15)18-19(25)22-8-9-24(18)20(26)23-11-14-12-27-17-7-2-1-6-16(14)17/h3-5,10,12,18H,1-2,6-9,11H2,(H,22,25)(H,23,26)/t18-/m1/s1. The first kappa shape index (κ1) is 18.0. The quantitative estimate of drug-likeness (QED) is 0.850. The highest BCUT2D eigenvalue weighted by atomic mass is 32.1. The van der Waals surface area contributed by atoms with E-state index in [4.69, 9.17) is 0 Å². The summed E-state index contributed by atoms with van der Waals surface area (Å²) >= 11 is 1.77. The van der Waals surface area contributed by atoms with Gasteiger partial charge in [-0.25, -0.2) is 9.18 Å². The third-order valence-electron chi connectivity index (χ3n) is 5.22. The molecule has 0 saturated carbocycles. The predicted octanol–water partition coefficient (Wildman–Crippen LogP) is 3.15. The van der Waals surface area contributed by atoms with E-state index in [1.54, 1.807) is 23.5 Å². The second kappa shape index (κ2) is 7.68. The molecule has 0 radical (unpaired) electrons. The maximum Gasteiger partial charge on any atom is 0.318 e. The molecule has 2 aliphatic rings. The lowest BCUT2D eigenvalue weighted by Crippen LogP contribution is -2.54. The smallest absolute Gasteiger partial charge is 0.318 e. The normalized spacial score (nSPS) is 19.4. The van der Waals surface area contributed by atoms with Crippen molar-refractivity contribution < 1.29 is 14.0 Å². The van der Waals surface area contributed by atoms with Crippen LogP contribution in [-0.4, -0.2) is 29.9 Å². The lowest BCUT2D eigenvalue weighted by Gasteiger charge is -2.35. The molecule has 7 heteroatoms. The second-order valence-corrected chi connectivity index (χ2v) is 7.93. The molecule has 27 heavy (non-hydrogen) atoms. The zero-order valence-corrected chi connectivity index (χ0v) is 15.8. The lowest BCUT2D eigenvalue weighted by atomic mass is 9.96. The van der Waals surface area contributed by atoms with Crippen LogP contribution >= 0.6 is 11.3 Å². The summed E-state index contributed by atoms with van der Waals surface area (Å²) in [5, 5.41) is 7.85. The Labute approximate surface area is 161 Å². The molecular weight excluding hydrogens is 365 g/mol. The number of nitrogens with one attached hydrogen (secondary N) is 2. The fraction of sp³-hybridized carbons (Fsp3) is 0.400. The van der Waals surface area contributed by atoms with E-state index in [1.165, 1.54) is 45.9 Å². The van der Waals surface area contributed by atoms with E-state index in [0.717, 1.165) is 12.8 Å². The summed E-state index contributed by atoms with van der Waals surface area (Å²) in [6, 6.07) is 4.76. The maximum absolute atomic E-state index is 13.6. The van der Waals surface area contributed by atoms with Crippen LogP contribution in [0.15, 0.2) is 29.6 Å². The van der Waals surface area contributed by atoms with Crippen LogP contribution in [0.2, 0.25) is 0 Å². The van der Waals surface area contributed by atoms with Gasteiger partial charge < -0.3 is 15.5 Å². The fourth-order valence-corrected chi connectivity index (χ4v) is 5.02. The van der Waals surface area contributed by atoms with Gasteiger partial charge in [-0.1, -0.05) is 12.1 Å². The Morgan fingerprint density at radius 3 is 3.04 bits per heavy atom. The number of benzene rings is 1. The lowest BCUT2D eigenvalue weighted by molar-refractivity contribution is -0.127. The van der Waals surface area contributed by atoms with Crippen LogP contribution in [0, 0.1) is 5.82 Å². The first-order valence-electron chi connectivity index (χ1n) is 9.29. The van der Waals surface area contributed by atoms with Crippen molar-refractivity contribution in [3.8, 4) is 0 Å². The summed E-state index contributed by atoms with van der Waals surface area (Å²) in [5.74, 6) is -0.703. The van der Waals surface area contributed by atoms with Crippen molar-refractivity contribution in [1.82, 2.24) is 15.5 Å². The molecule has 5 nitrogen and oxygen atoms in total. The number of carbonyl (C=O) groups excluding carboxylic acids is 2. The van der Waals surface area contributed by atoms with Crippen molar-refractivity contribution in [3.63, 3.8) is 0 Å². The molecule has 1 aromatic heterocycles. The zero-order valence-electron chi connectivity index (χ0n) is 15.0. The molecule has 0 spiro atoms. The van der Waals surface area contributed by atoms with Crippen molar-refractivity contribution in [1.29, 1.82) is 0 Å². The second-order valence-electron chi connectivity index (χ2n) is 6.97. The molecule has 0 bridgehead atoms. The molecule has 1 aromatic carbocycles. The molecular formula is C20H22FN3O2S. The van der Waals surface area contributed by atoms with Crippen molar-refractivity contribution in [3.05, 3.63) is 57.0 Å². The first-order valence-corrected chi connectivity index (χ1v) is 10.2. The van der Waals surface area contributed by atoms with E-state index in [9.17, 15) is 14.0 Å². The number of urea groups is 1. The third-order valence-corrected chi connectivity index (χ3v) is 6.35. The molecule has 0 unspecified atom stereocenters. The number of fused-ring (bicyclic) bond motifs is 1. The Hall–Kier alpha value is -2.41. The van der Waals surface area contributed by atoms with E-state index in [-0.39, 0.29) is 11.9 Å². The zero-order chi connectivity index (χ0) is 18.8. The predicted molar refractivity (Wildman–Crippen MR) is 102 cm³/mol. The number of aryl methyl sites for hydroxylation is 1. The average Bonchev–Trinajstić information content (AvgIpc) is 3.09. The van der Waals surface area contributed by atoms with Crippen LogP contribution in [0.5, 0.6) is 0 Å². The van der Waals surface area contributed by atoms with Crippen molar-refractivity contribution in [2.24, 2.45) is 0 Å². The molecule has 1 aliphatic heterocycles. The summed E-state index contributed by atoms with van der Waals surface area (Å²) in [6.07, 6.45) is 4.63. The van der Waals surface area contributed by atoms with Gasteiger partial charge in [-0.2, -0.15) is 0 Å². The number of amides is 3. The minimum Gasteiger partial charge on any atom is -0.352 e. The number of piperazine rings is 1. The molecule has 1 saturated heterocycles. The number of thiophene rings is 1. The van der Waals surface area contributed by atoms with E-state index in [0.29, 0.717) is 25.2 Å². The summed E-state index contributed by atoms with van der Waals surface area (Å²) < 4.78 is 13.6. The van der Waals surface area contributed by atoms with Crippen LogP contribution in [-0.2, 0) is 24.2 Å². The van der Waals surface area contributed by atoms with Gasteiger partial charge in [0.1, 0.15) is 11.9 Å². The molecule has 1 atom stereocenters. The van der Waals surface area contributed by atoms with Gasteiger partial charge in [-0.3, -0.25) is 4.79 Å². The molecule has 3 amide bonds. The maximum atomic E-state index is 13.6. The Morgan fingerprint density at radius 1 is 1.33 bits per heavy atom. The Morgan fingerprint density at radius 2 is 2.19 bits per heavy atom. The van der Waals surface area contributed by atoms with Gasteiger partial charge in [-0.15, -0.1) is 11.3 Å². The number of hydrogen-bond donors (Lipinski definition) is 2. The van der Waals surface area contributed by atoms with Gasteiger partial charge in [0.25, 0.3) is 0 Å². The minimum absolute atomic E-state index is 0.282. The summed E-state index contributed by atoms with van der Waals surface area (Å²) in [5.41, 5.74) is 3.03. The molecule has 1 aliphatic carbocycles. The minimum atomic E-state index is -0.814. The largest absolute Gasteiger partial charge is 0.352 e. The molecule has 2 N–H and O–H groups in total. The van der Waals surface area contributed by atoms with Gasteiger partial charge in [-0.05, 0) is 59.9 Å². The summed E-state index contributed by atoms with van der Waals surface area (Å²) in [4.78, 5) is 28.1. The Bertz CT molecular complexity index is 867. The molecule has 2 heterocycles. The van der Waals surface area contributed by atoms with Crippen LogP contribution in [0.1, 0.15) is 40.5 Å². The van der Waals surface area contributed by atoms with E-state index in [1.807, 2.05) is 0 Å². The topological polar surface area (TPSA) is 61.4 Å². The molecule has 1 fully saturated rings. The fourth-order valence-electron chi connectivity index (χ4n) is 3.88. The molecule has 2 aromatic rings. The van der Waals surface area contributed by atoms with E-state index in [2.05, 4.69) is 16.0 Å². The van der Waals surface area contributed by atoms with Crippen molar-refractivity contribution in [2.45, 2.75) is 38.3 Å². The van der Waals surface area contributed by atoms with E-state index >= 15 is 0 Å². The Kier molecular flexibility index (Phi) is 5.11. The highest BCUT2D eigenvalue weighted by Crippen LogP contribution is 2.30. The average molecular weight is 387 g/mol. The molecule has 142 valence electrons. The number of hydrogen-bond acceptors (Lipinski definition) is 3. The van der Waals surface area contributed by atoms with Gasteiger partial charge in [0, 0.05) is 24.5 Å². The number of carbonyl (C=O) groups is 2. The summed E-state index contributed by atoms with van der Waals surface area (Å²) in [6.45, 7) is 1.24. The number of rotatable bonds is 3. The molecule has 4 rings (SSSR count). The van der Waals surface area contributed by atoms with Gasteiger partial charge >= 0.3 is 6.03 Å². The summed E-state index contributed by atoms with van der Waals surface area (Å²) in [7, 11) is 0. The first-order chi connectivity index (χ1) is 13.1. The van der Waals surface area contributed by atoms with Crippen molar-refractivity contribution >= 4 is 23.3 Å². The SMILES string of the molecule is O=C1NCCN(C(=O)NCc2csc3c2CCCC3)[C@@H]1c1cccc(F)c1.